The van der Waals surface area contributed by atoms with Gasteiger partial charge in [0.1, 0.15) is 0 Å². The minimum atomic E-state index is 0.0916. The van der Waals surface area contributed by atoms with Crippen molar-refractivity contribution in [3.63, 3.8) is 0 Å². The summed E-state index contributed by atoms with van der Waals surface area (Å²) in [6, 6.07) is 8.45. The van der Waals surface area contributed by atoms with Crippen LogP contribution in [-0.4, -0.2) is 23.4 Å². The van der Waals surface area contributed by atoms with Crippen LogP contribution in [0.15, 0.2) is 35.8 Å². The summed E-state index contributed by atoms with van der Waals surface area (Å²) >= 11 is 1.44. The maximum Gasteiger partial charge on any atom is 0.180 e. The molecule has 2 aliphatic carbocycles. The summed E-state index contributed by atoms with van der Waals surface area (Å²) in [6.45, 7) is 1.00. The number of Topliss-reactive ketones (excluding diaryl/α,β-unsaturated/α-hetero) is 1. The molecule has 1 aliphatic heterocycles. The second kappa shape index (κ2) is 6.30. The van der Waals surface area contributed by atoms with Gasteiger partial charge >= 0.3 is 0 Å². The number of carbonyl (C=O) groups is 1. The molecule has 126 valence electrons. The maximum atomic E-state index is 12.6. The fourth-order valence-electron chi connectivity index (χ4n) is 4.93. The fraction of sp³-hybridized carbons (Fsp3) is 0.474. The van der Waals surface area contributed by atoms with E-state index in [1.807, 2.05) is 17.5 Å². The molecule has 3 atom stereocenters. The molecule has 1 saturated heterocycles. The quantitative estimate of drug-likeness (QED) is 0.771. The molecule has 1 saturated carbocycles. The second-order valence-corrected chi connectivity index (χ2v) is 7.90. The molecule has 5 heteroatoms. The highest BCUT2D eigenvalue weighted by Gasteiger charge is 2.54. The normalized spacial score (nSPS) is 30.6. The first-order valence-corrected chi connectivity index (χ1v) is 9.62. The van der Waals surface area contributed by atoms with E-state index in [1.165, 1.54) is 49.0 Å². The van der Waals surface area contributed by atoms with Gasteiger partial charge in [0.2, 0.25) is 0 Å². The number of piperidine rings is 1. The topological polar surface area (TPSA) is 68.0 Å². The monoisotopic (exact) mass is 341 g/mol. The zero-order valence-electron chi connectivity index (χ0n) is 13.7. The van der Waals surface area contributed by atoms with Crippen molar-refractivity contribution in [2.24, 2.45) is 5.92 Å². The summed E-state index contributed by atoms with van der Waals surface area (Å²) < 4.78 is 0. The van der Waals surface area contributed by atoms with E-state index in [4.69, 9.17) is 5.73 Å². The number of anilines is 1. The average Bonchev–Trinajstić information content (AvgIpc) is 3.11. The number of aromatic nitrogens is 1. The minimum Gasteiger partial charge on any atom is -0.375 e. The van der Waals surface area contributed by atoms with Crippen molar-refractivity contribution in [3.05, 3.63) is 47.0 Å². The average molecular weight is 341 g/mol. The van der Waals surface area contributed by atoms with Gasteiger partial charge in [-0.15, -0.1) is 11.3 Å². The number of benzene rings is 1. The van der Waals surface area contributed by atoms with Crippen molar-refractivity contribution in [2.75, 3.05) is 12.3 Å². The van der Waals surface area contributed by atoms with Crippen LogP contribution < -0.4 is 11.1 Å². The number of ketones is 1. The number of carbonyl (C=O) groups excluding carboxylic acids is 1. The zero-order chi connectivity index (χ0) is 16.6. The number of thiazole rings is 1. The molecule has 4 nitrogen and oxygen atoms in total. The summed E-state index contributed by atoms with van der Waals surface area (Å²) in [5.41, 5.74) is 7.84. The Balaban J connectivity index is 0.000000207. The van der Waals surface area contributed by atoms with Gasteiger partial charge in [0.15, 0.2) is 10.9 Å². The van der Waals surface area contributed by atoms with Crippen LogP contribution >= 0.6 is 11.3 Å². The Bertz CT molecular complexity index is 726. The highest BCUT2D eigenvalue weighted by molar-refractivity contribution is 7.13. The number of nitrogens with two attached hydrogens (primary N) is 1. The first-order valence-electron chi connectivity index (χ1n) is 8.74. The first kappa shape index (κ1) is 15.8. The molecule has 1 aromatic heterocycles. The number of hydrogen-bond acceptors (Lipinski definition) is 5. The minimum absolute atomic E-state index is 0.0916. The van der Waals surface area contributed by atoms with Crippen molar-refractivity contribution in [2.45, 2.75) is 43.6 Å². The standard InChI is InChI=1S/C16H19NO.C3H4N2S/c18-15-11-5-1-2-6-12(11)16-8-4-3-7-13(16)14(15)17-10-9-16;4-3-5-1-2-6-3/h1-2,5-6,13-14,17H,3-4,7-10H2;1-2H,(H2,4,5)/t13-,14-,16-;/m0./s1. The van der Waals surface area contributed by atoms with Crippen molar-refractivity contribution in [1.29, 1.82) is 0 Å². The van der Waals surface area contributed by atoms with Crippen LogP contribution in [0.2, 0.25) is 0 Å². The molecule has 2 aromatic rings. The largest absolute Gasteiger partial charge is 0.375 e. The Hall–Kier alpha value is -1.72. The summed E-state index contributed by atoms with van der Waals surface area (Å²) in [6.07, 6.45) is 8.00. The van der Waals surface area contributed by atoms with E-state index < -0.39 is 0 Å². The van der Waals surface area contributed by atoms with Crippen molar-refractivity contribution in [3.8, 4) is 0 Å². The molecular formula is C19H23N3OS. The zero-order valence-corrected chi connectivity index (χ0v) is 14.5. The van der Waals surface area contributed by atoms with Crippen LogP contribution in [0.25, 0.3) is 0 Å². The number of fused-ring (bicyclic) bond motifs is 1. The molecule has 0 amide bonds. The molecular weight excluding hydrogens is 318 g/mol. The lowest BCUT2D eigenvalue weighted by atomic mass is 9.52. The van der Waals surface area contributed by atoms with E-state index in [2.05, 4.69) is 22.4 Å². The van der Waals surface area contributed by atoms with Crippen LogP contribution in [0.1, 0.15) is 48.0 Å². The Morgan fingerprint density at radius 3 is 2.88 bits per heavy atom. The molecule has 24 heavy (non-hydrogen) atoms. The van der Waals surface area contributed by atoms with E-state index in [0.717, 1.165) is 12.1 Å². The van der Waals surface area contributed by atoms with Gasteiger partial charge in [-0.2, -0.15) is 0 Å². The number of nitrogen functional groups attached to an aromatic ring is 1. The predicted octanol–water partition coefficient (Wildman–Crippen LogP) is 3.40. The lowest BCUT2D eigenvalue weighted by Gasteiger charge is -2.55. The van der Waals surface area contributed by atoms with Crippen LogP contribution in [0.5, 0.6) is 0 Å². The van der Waals surface area contributed by atoms with E-state index >= 15 is 0 Å². The summed E-state index contributed by atoms with van der Waals surface area (Å²) in [5, 5.41) is 5.96. The Labute approximate surface area is 146 Å². The number of hydrogen-bond donors (Lipinski definition) is 2. The first-order chi connectivity index (χ1) is 11.7. The molecule has 2 fully saturated rings. The fourth-order valence-corrected chi connectivity index (χ4v) is 5.32. The SMILES string of the molecule is Nc1nccs1.O=C1c2ccccc2[C@@]23CCCC[C@H]2[C@@H]1NCC3. The van der Waals surface area contributed by atoms with Gasteiger partial charge in [-0.25, -0.2) is 4.98 Å². The Morgan fingerprint density at radius 2 is 2.12 bits per heavy atom. The molecule has 3 aliphatic rings. The number of rotatable bonds is 0. The second-order valence-electron chi connectivity index (χ2n) is 6.97. The smallest absolute Gasteiger partial charge is 0.180 e. The summed E-state index contributed by atoms with van der Waals surface area (Å²) in [4.78, 5) is 16.3. The Kier molecular flexibility index (Phi) is 4.14. The number of nitrogens with zero attached hydrogens (tertiary/aromatic N) is 1. The van der Waals surface area contributed by atoms with Gasteiger partial charge < -0.3 is 11.1 Å². The van der Waals surface area contributed by atoms with Crippen molar-refractivity contribution >= 4 is 22.3 Å². The van der Waals surface area contributed by atoms with Crippen LogP contribution in [-0.2, 0) is 5.41 Å². The molecule has 0 unspecified atom stereocenters. The highest BCUT2D eigenvalue weighted by atomic mass is 32.1. The lowest BCUT2D eigenvalue weighted by molar-refractivity contribution is 0.0567. The van der Waals surface area contributed by atoms with Gasteiger partial charge in [0.25, 0.3) is 0 Å². The maximum absolute atomic E-state index is 12.6. The van der Waals surface area contributed by atoms with Gasteiger partial charge in [0, 0.05) is 22.6 Å². The third-order valence-electron chi connectivity index (χ3n) is 5.90. The molecule has 2 bridgehead atoms. The Morgan fingerprint density at radius 1 is 1.25 bits per heavy atom. The third kappa shape index (κ3) is 2.47. The van der Waals surface area contributed by atoms with E-state index in [0.29, 0.717) is 22.2 Å². The summed E-state index contributed by atoms with van der Waals surface area (Å²) in [7, 11) is 0. The van der Waals surface area contributed by atoms with E-state index in [1.54, 1.807) is 6.20 Å². The van der Waals surface area contributed by atoms with Crippen molar-refractivity contribution in [1.82, 2.24) is 10.3 Å². The molecule has 0 spiro atoms. The molecule has 1 aromatic carbocycles. The van der Waals surface area contributed by atoms with Crippen LogP contribution in [0.4, 0.5) is 5.13 Å². The summed E-state index contributed by atoms with van der Waals surface area (Å²) in [5.74, 6) is 0.884. The number of nitrogens with one attached hydrogen (secondary N) is 1. The highest BCUT2D eigenvalue weighted by Crippen LogP contribution is 2.53. The van der Waals surface area contributed by atoms with Gasteiger partial charge in [-0.1, -0.05) is 37.1 Å². The van der Waals surface area contributed by atoms with Gasteiger partial charge in [0.05, 0.1) is 6.04 Å². The van der Waals surface area contributed by atoms with Crippen LogP contribution in [0.3, 0.4) is 0 Å². The van der Waals surface area contributed by atoms with E-state index in [9.17, 15) is 4.79 Å². The third-order valence-corrected chi connectivity index (χ3v) is 6.50. The van der Waals surface area contributed by atoms with Crippen molar-refractivity contribution < 1.29 is 4.79 Å². The lowest BCUT2D eigenvalue weighted by Crippen LogP contribution is -2.62. The van der Waals surface area contributed by atoms with E-state index in [-0.39, 0.29) is 6.04 Å². The van der Waals surface area contributed by atoms with Gasteiger partial charge in [-0.05, 0) is 37.3 Å². The molecule has 0 radical (unpaired) electrons. The molecule has 3 N–H and O–H groups in total. The molecule has 2 heterocycles. The predicted molar refractivity (Wildman–Crippen MR) is 97.3 cm³/mol. The van der Waals surface area contributed by atoms with Crippen LogP contribution in [0, 0.1) is 5.92 Å². The van der Waals surface area contributed by atoms with Gasteiger partial charge in [-0.3, -0.25) is 4.79 Å². The molecule has 5 rings (SSSR count).